The van der Waals surface area contributed by atoms with E-state index in [1.165, 1.54) is 12.1 Å². The van der Waals surface area contributed by atoms with Gasteiger partial charge in [-0.2, -0.15) is 13.2 Å². The molecule has 1 saturated heterocycles. The van der Waals surface area contributed by atoms with Crippen LogP contribution in [-0.2, 0) is 12.7 Å². The number of carbonyl (C=O) groups excluding carboxylic acids is 1. The van der Waals surface area contributed by atoms with E-state index in [0.717, 1.165) is 38.1 Å². The Bertz CT molecular complexity index is 1150. The molecule has 0 saturated carbocycles. The average molecular weight is 446 g/mol. The molecule has 170 valence electrons. The zero-order valence-electron chi connectivity index (χ0n) is 17.9. The predicted octanol–water partition coefficient (Wildman–Crippen LogP) is 5.95. The smallest absolute Gasteiger partial charge is 0.416 e. The molecule has 5 nitrogen and oxygen atoms in total. The maximum Gasteiger partial charge on any atom is 0.416 e. The number of halogens is 3. The van der Waals surface area contributed by atoms with E-state index in [1.54, 1.807) is 19.1 Å². The zero-order valence-corrected chi connectivity index (χ0v) is 17.9. The van der Waals surface area contributed by atoms with Crippen LogP contribution in [0, 0.1) is 12.8 Å². The number of hydrogen-bond donors (Lipinski definition) is 2. The van der Waals surface area contributed by atoms with Gasteiger partial charge in [0.05, 0.1) is 11.1 Å². The Hall–Kier alpha value is -3.00. The molecule has 1 amide bonds. The summed E-state index contributed by atoms with van der Waals surface area (Å²) >= 11 is 0. The number of amides is 1. The number of rotatable bonds is 4. The van der Waals surface area contributed by atoms with E-state index in [0.29, 0.717) is 34.8 Å². The maximum absolute atomic E-state index is 13.1. The number of nitrogens with zero attached hydrogens (tertiary/aromatic N) is 1. The van der Waals surface area contributed by atoms with Gasteiger partial charge in [-0.1, -0.05) is 13.0 Å². The van der Waals surface area contributed by atoms with Gasteiger partial charge in [0.1, 0.15) is 17.1 Å². The summed E-state index contributed by atoms with van der Waals surface area (Å²) < 4.78 is 44.9. The van der Waals surface area contributed by atoms with Gasteiger partial charge in [0.25, 0.3) is 5.91 Å². The number of nitrogens with one attached hydrogen (secondary N) is 1. The molecule has 0 bridgehead atoms. The molecular weight excluding hydrogens is 421 g/mol. The van der Waals surface area contributed by atoms with Crippen LogP contribution in [0.4, 0.5) is 18.9 Å². The Morgan fingerprint density at radius 2 is 1.94 bits per heavy atom. The molecule has 0 radical (unpaired) electrons. The summed E-state index contributed by atoms with van der Waals surface area (Å²) in [5.41, 5.74) is 0.443. The number of phenols is 1. The first-order valence-electron chi connectivity index (χ1n) is 10.6. The van der Waals surface area contributed by atoms with Gasteiger partial charge < -0.3 is 14.8 Å². The van der Waals surface area contributed by atoms with Crippen molar-refractivity contribution < 1.29 is 27.5 Å². The highest BCUT2D eigenvalue weighted by Gasteiger charge is 2.31. The van der Waals surface area contributed by atoms with Gasteiger partial charge in [0.2, 0.25) is 0 Å². The van der Waals surface area contributed by atoms with E-state index in [-0.39, 0.29) is 17.0 Å². The van der Waals surface area contributed by atoms with E-state index in [2.05, 4.69) is 17.1 Å². The van der Waals surface area contributed by atoms with Gasteiger partial charge in [-0.25, -0.2) is 0 Å². The quantitative estimate of drug-likeness (QED) is 0.520. The summed E-state index contributed by atoms with van der Waals surface area (Å²) in [6.45, 7) is 6.08. The highest BCUT2D eigenvalue weighted by Crippen LogP contribution is 2.36. The summed E-state index contributed by atoms with van der Waals surface area (Å²) in [4.78, 5) is 15.3. The third-order valence-corrected chi connectivity index (χ3v) is 6.05. The van der Waals surface area contributed by atoms with E-state index in [9.17, 15) is 23.1 Å². The Labute approximate surface area is 183 Å². The molecular formula is C24H25F3N2O3. The fourth-order valence-corrected chi connectivity index (χ4v) is 4.21. The standard InChI is InChI=1S/C24H25F3N2O3/c1-14-8-10-29(11-9-14)13-18-19(30)6-7-20-22(18)21(15(2)32-20)23(31)28-17-5-3-4-16(12-17)24(25,26)27/h3-7,12,14,30H,8-11,13H2,1-2H3,(H,28,31). The molecule has 2 N–H and O–H groups in total. The molecule has 0 atom stereocenters. The number of piperidine rings is 1. The predicted molar refractivity (Wildman–Crippen MR) is 116 cm³/mol. The second kappa shape index (κ2) is 8.50. The molecule has 1 aromatic heterocycles. The molecule has 8 heteroatoms. The lowest BCUT2D eigenvalue weighted by molar-refractivity contribution is -0.137. The average Bonchev–Trinajstić information content (AvgIpc) is 3.07. The minimum absolute atomic E-state index is 0.0327. The van der Waals surface area contributed by atoms with Crippen LogP contribution in [0.1, 0.15) is 47.0 Å². The number of aromatic hydroxyl groups is 1. The molecule has 1 aliphatic heterocycles. The molecule has 1 fully saturated rings. The lowest BCUT2D eigenvalue weighted by Gasteiger charge is -2.30. The summed E-state index contributed by atoms with van der Waals surface area (Å²) in [7, 11) is 0. The fourth-order valence-electron chi connectivity index (χ4n) is 4.21. The molecule has 1 aliphatic rings. The van der Waals surface area contributed by atoms with E-state index >= 15 is 0 Å². The van der Waals surface area contributed by atoms with E-state index in [4.69, 9.17) is 4.42 Å². The number of carbonyl (C=O) groups is 1. The monoisotopic (exact) mass is 446 g/mol. The van der Waals surface area contributed by atoms with Crippen molar-refractivity contribution in [3.05, 3.63) is 58.8 Å². The molecule has 4 rings (SSSR count). The first-order valence-corrected chi connectivity index (χ1v) is 10.6. The number of benzene rings is 2. The number of likely N-dealkylation sites (tertiary alicyclic amines) is 1. The van der Waals surface area contributed by atoms with Crippen LogP contribution in [0.2, 0.25) is 0 Å². The minimum Gasteiger partial charge on any atom is -0.508 e. The van der Waals surface area contributed by atoms with Gasteiger partial charge in [-0.3, -0.25) is 9.69 Å². The first-order chi connectivity index (χ1) is 15.1. The van der Waals surface area contributed by atoms with Gasteiger partial charge in [-0.05, 0) is 69.1 Å². The highest BCUT2D eigenvalue weighted by atomic mass is 19.4. The Kier molecular flexibility index (Phi) is 5.90. The third kappa shape index (κ3) is 4.46. The molecule has 0 spiro atoms. The van der Waals surface area contributed by atoms with Crippen molar-refractivity contribution in [3.63, 3.8) is 0 Å². The van der Waals surface area contributed by atoms with Crippen molar-refractivity contribution in [2.75, 3.05) is 18.4 Å². The normalized spacial score (nSPS) is 15.9. The van der Waals surface area contributed by atoms with Gasteiger partial charge in [0, 0.05) is 23.2 Å². The van der Waals surface area contributed by atoms with Crippen molar-refractivity contribution in [2.45, 2.75) is 39.4 Å². The Morgan fingerprint density at radius 1 is 1.22 bits per heavy atom. The molecule has 32 heavy (non-hydrogen) atoms. The van der Waals surface area contributed by atoms with Crippen molar-refractivity contribution in [2.24, 2.45) is 5.92 Å². The topological polar surface area (TPSA) is 65.7 Å². The zero-order chi connectivity index (χ0) is 23.0. The molecule has 2 aromatic carbocycles. The molecule has 0 aliphatic carbocycles. The van der Waals surface area contributed by atoms with Crippen LogP contribution in [0.3, 0.4) is 0 Å². The second-order valence-electron chi connectivity index (χ2n) is 8.46. The Balaban J connectivity index is 1.69. The summed E-state index contributed by atoms with van der Waals surface area (Å²) in [5, 5.41) is 13.6. The highest BCUT2D eigenvalue weighted by molar-refractivity contribution is 6.14. The number of phenolic OH excluding ortho intramolecular Hbond substituents is 1. The first kappa shape index (κ1) is 22.2. The number of alkyl halides is 3. The third-order valence-electron chi connectivity index (χ3n) is 6.05. The lowest BCUT2D eigenvalue weighted by atomic mass is 9.97. The summed E-state index contributed by atoms with van der Waals surface area (Å²) in [6, 6.07) is 7.63. The van der Waals surface area contributed by atoms with Gasteiger partial charge in [0.15, 0.2) is 0 Å². The SMILES string of the molecule is Cc1oc2ccc(O)c(CN3CCC(C)CC3)c2c1C(=O)Nc1cccc(C(F)(F)F)c1. The number of anilines is 1. The van der Waals surface area contributed by atoms with Crippen molar-refractivity contribution in [1.82, 2.24) is 4.90 Å². The van der Waals surface area contributed by atoms with E-state index in [1.807, 2.05) is 0 Å². The number of fused-ring (bicyclic) bond motifs is 1. The maximum atomic E-state index is 13.1. The van der Waals surface area contributed by atoms with Crippen LogP contribution in [0.5, 0.6) is 5.75 Å². The molecule has 3 aromatic rings. The Morgan fingerprint density at radius 3 is 2.62 bits per heavy atom. The van der Waals surface area contributed by atoms with Crippen molar-refractivity contribution in [3.8, 4) is 5.75 Å². The number of aryl methyl sites for hydroxylation is 1. The lowest BCUT2D eigenvalue weighted by Crippen LogP contribution is -2.32. The van der Waals surface area contributed by atoms with Crippen LogP contribution >= 0.6 is 0 Å². The van der Waals surface area contributed by atoms with Crippen molar-refractivity contribution in [1.29, 1.82) is 0 Å². The van der Waals surface area contributed by atoms with Crippen LogP contribution in [-0.4, -0.2) is 29.0 Å². The summed E-state index contributed by atoms with van der Waals surface area (Å²) in [5.74, 6) is 0.467. The molecule has 2 heterocycles. The molecule has 0 unspecified atom stereocenters. The van der Waals surface area contributed by atoms with E-state index < -0.39 is 17.6 Å². The minimum atomic E-state index is -4.51. The van der Waals surface area contributed by atoms with Crippen LogP contribution in [0.15, 0.2) is 40.8 Å². The number of furan rings is 1. The van der Waals surface area contributed by atoms with Gasteiger partial charge in [-0.15, -0.1) is 0 Å². The largest absolute Gasteiger partial charge is 0.508 e. The fraction of sp³-hybridized carbons (Fsp3) is 0.375. The summed E-state index contributed by atoms with van der Waals surface area (Å²) in [6.07, 6.45) is -2.39. The van der Waals surface area contributed by atoms with Gasteiger partial charge >= 0.3 is 6.18 Å². The van der Waals surface area contributed by atoms with Crippen molar-refractivity contribution >= 4 is 22.6 Å². The second-order valence-corrected chi connectivity index (χ2v) is 8.46. The van der Waals surface area contributed by atoms with Crippen LogP contribution in [0.25, 0.3) is 11.0 Å². The van der Waals surface area contributed by atoms with Crippen LogP contribution < -0.4 is 5.32 Å². The number of hydrogen-bond acceptors (Lipinski definition) is 4.